The molecule has 1 aromatic heterocycles. The van der Waals surface area contributed by atoms with E-state index in [-0.39, 0.29) is 36.9 Å². The first-order valence-corrected chi connectivity index (χ1v) is 14.4. The molecule has 2 atom stereocenters. The second-order valence-electron chi connectivity index (χ2n) is 10.7. The van der Waals surface area contributed by atoms with Crippen LogP contribution in [-0.4, -0.2) is 45.8 Å². The van der Waals surface area contributed by atoms with Gasteiger partial charge in [0, 0.05) is 6.42 Å². The summed E-state index contributed by atoms with van der Waals surface area (Å²) in [5, 5.41) is 5.36. The highest BCUT2D eigenvalue weighted by Crippen LogP contribution is 2.13. The molecule has 10 heteroatoms. The molecule has 3 aromatic carbocycles. The predicted octanol–water partition coefficient (Wildman–Crippen LogP) is 4.38. The molecule has 4 aromatic rings. The minimum Gasteiger partial charge on any atom is -0.459 e. The Labute approximate surface area is 256 Å². The molecule has 0 saturated heterocycles. The summed E-state index contributed by atoms with van der Waals surface area (Å²) in [5.74, 6) is -2.62. The summed E-state index contributed by atoms with van der Waals surface area (Å²) in [7, 11) is 0. The second-order valence-corrected chi connectivity index (χ2v) is 10.7. The maximum Gasteiger partial charge on any atom is 0.329 e. The number of amides is 2. The number of aromatic amines is 1. The van der Waals surface area contributed by atoms with Gasteiger partial charge in [-0.15, -0.1) is 0 Å². The number of nitrogens with zero attached hydrogens (tertiary/aromatic N) is 1. The largest absolute Gasteiger partial charge is 0.459 e. The van der Waals surface area contributed by atoms with Crippen molar-refractivity contribution < 1.29 is 28.7 Å². The van der Waals surface area contributed by atoms with Gasteiger partial charge in [-0.2, -0.15) is 0 Å². The van der Waals surface area contributed by atoms with Crippen molar-refractivity contribution in [1.29, 1.82) is 0 Å². The summed E-state index contributed by atoms with van der Waals surface area (Å²) in [6.45, 7) is 3.93. The van der Waals surface area contributed by atoms with Crippen molar-refractivity contribution in [1.82, 2.24) is 20.6 Å². The Balaban J connectivity index is 1.45. The zero-order valence-corrected chi connectivity index (χ0v) is 24.7. The number of benzene rings is 3. The van der Waals surface area contributed by atoms with Gasteiger partial charge in [-0.1, -0.05) is 105 Å². The minimum absolute atomic E-state index is 0.0362. The lowest BCUT2D eigenvalue weighted by Crippen LogP contribution is -2.45. The van der Waals surface area contributed by atoms with Gasteiger partial charge in [-0.25, -0.2) is 14.6 Å². The van der Waals surface area contributed by atoms with Crippen LogP contribution in [0.1, 0.15) is 57.9 Å². The van der Waals surface area contributed by atoms with Crippen LogP contribution in [0.3, 0.4) is 0 Å². The molecule has 0 spiro atoms. The Hall–Kier alpha value is -5.25. The van der Waals surface area contributed by atoms with E-state index in [2.05, 4.69) is 20.6 Å². The van der Waals surface area contributed by atoms with Crippen molar-refractivity contribution in [3.63, 3.8) is 0 Å². The van der Waals surface area contributed by atoms with Crippen LogP contribution in [-0.2, 0) is 38.7 Å². The van der Waals surface area contributed by atoms with E-state index in [4.69, 9.17) is 9.47 Å². The van der Waals surface area contributed by atoms with Gasteiger partial charge in [-0.3, -0.25) is 9.59 Å². The molecule has 44 heavy (non-hydrogen) atoms. The Kier molecular flexibility index (Phi) is 11.4. The van der Waals surface area contributed by atoms with Gasteiger partial charge < -0.3 is 25.1 Å². The second kappa shape index (κ2) is 15.8. The average Bonchev–Trinajstić information content (AvgIpc) is 3.54. The highest BCUT2D eigenvalue weighted by atomic mass is 16.5. The molecule has 4 rings (SSSR count). The standard InChI is InChI=1S/C34H36N4O6/c1-23(2)18-27(33(41)43-20-25-14-8-4-9-15-25)37-31(39)29-30(36-22-35-29)32(40)38-28(19-24-12-6-3-7-13-24)34(42)44-21-26-16-10-5-11-17-26/h3-17,22-23,27-28H,18-21H2,1-2H3,(H,35,36)(H,37,39)(H,38,40)/t27-,28-/m0/s1. The zero-order chi connectivity index (χ0) is 31.3. The quantitative estimate of drug-likeness (QED) is 0.184. The van der Waals surface area contributed by atoms with Gasteiger partial charge in [0.1, 0.15) is 31.0 Å². The highest BCUT2D eigenvalue weighted by molar-refractivity contribution is 6.06. The number of hydrogen-bond acceptors (Lipinski definition) is 7. The van der Waals surface area contributed by atoms with Crippen molar-refractivity contribution in [2.45, 2.75) is 52.0 Å². The van der Waals surface area contributed by atoms with E-state index in [1.54, 1.807) is 0 Å². The monoisotopic (exact) mass is 596 g/mol. The minimum atomic E-state index is -1.05. The molecule has 1 heterocycles. The molecule has 0 unspecified atom stereocenters. The topological polar surface area (TPSA) is 139 Å². The number of hydrogen-bond donors (Lipinski definition) is 3. The molecule has 0 aliphatic carbocycles. The summed E-state index contributed by atoms with van der Waals surface area (Å²) in [5.41, 5.74) is 2.05. The average molecular weight is 597 g/mol. The van der Waals surface area contributed by atoms with Crippen LogP contribution in [0.5, 0.6) is 0 Å². The summed E-state index contributed by atoms with van der Waals surface area (Å²) in [6.07, 6.45) is 1.69. The number of esters is 2. The van der Waals surface area contributed by atoms with E-state index in [0.29, 0.717) is 6.42 Å². The number of aromatic nitrogens is 2. The SMILES string of the molecule is CC(C)C[C@H](NC(=O)c1[nH]cnc1C(=O)N[C@@H](Cc1ccccc1)C(=O)OCc1ccccc1)C(=O)OCc1ccccc1. The fourth-order valence-corrected chi connectivity index (χ4v) is 4.48. The Morgan fingerprint density at radius 2 is 1.16 bits per heavy atom. The molecule has 3 N–H and O–H groups in total. The number of ether oxygens (including phenoxy) is 2. The van der Waals surface area contributed by atoms with E-state index in [1.165, 1.54) is 6.33 Å². The van der Waals surface area contributed by atoms with E-state index in [1.807, 2.05) is 105 Å². The van der Waals surface area contributed by atoms with Gasteiger partial charge in [-0.05, 0) is 29.0 Å². The molecule has 0 saturated carbocycles. The molecule has 0 bridgehead atoms. The first kappa shape index (κ1) is 31.7. The van der Waals surface area contributed by atoms with Gasteiger partial charge in [0.25, 0.3) is 11.8 Å². The molecule has 0 radical (unpaired) electrons. The molecule has 10 nitrogen and oxygen atoms in total. The Bertz CT molecular complexity index is 1520. The van der Waals surface area contributed by atoms with Gasteiger partial charge in [0.05, 0.1) is 6.33 Å². The summed E-state index contributed by atoms with van der Waals surface area (Å²) >= 11 is 0. The maximum absolute atomic E-state index is 13.4. The third-order valence-electron chi connectivity index (χ3n) is 6.70. The number of nitrogens with one attached hydrogen (secondary N) is 3. The maximum atomic E-state index is 13.4. The van der Waals surface area contributed by atoms with Crippen LogP contribution in [0, 0.1) is 5.92 Å². The fourth-order valence-electron chi connectivity index (χ4n) is 4.48. The predicted molar refractivity (Wildman–Crippen MR) is 163 cm³/mol. The van der Waals surface area contributed by atoms with Crippen molar-refractivity contribution in [2.75, 3.05) is 0 Å². The molecule has 2 amide bonds. The fraction of sp³-hybridized carbons (Fsp3) is 0.265. The van der Waals surface area contributed by atoms with Crippen LogP contribution in [0.25, 0.3) is 0 Å². The highest BCUT2D eigenvalue weighted by Gasteiger charge is 2.30. The van der Waals surface area contributed by atoms with Gasteiger partial charge >= 0.3 is 11.9 Å². The van der Waals surface area contributed by atoms with E-state index in [0.717, 1.165) is 16.7 Å². The third kappa shape index (κ3) is 9.38. The van der Waals surface area contributed by atoms with Gasteiger partial charge in [0.15, 0.2) is 5.69 Å². The Morgan fingerprint density at radius 1 is 0.682 bits per heavy atom. The van der Waals surface area contributed by atoms with E-state index >= 15 is 0 Å². The first-order valence-electron chi connectivity index (χ1n) is 14.4. The molecular formula is C34H36N4O6. The number of imidazole rings is 1. The number of carbonyl (C=O) groups excluding carboxylic acids is 4. The van der Waals surface area contributed by atoms with Crippen molar-refractivity contribution in [2.24, 2.45) is 5.92 Å². The molecule has 0 aliphatic heterocycles. The smallest absolute Gasteiger partial charge is 0.329 e. The van der Waals surface area contributed by atoms with E-state index < -0.39 is 35.8 Å². The molecule has 0 aliphatic rings. The van der Waals surface area contributed by atoms with Crippen LogP contribution in [0.2, 0.25) is 0 Å². The van der Waals surface area contributed by atoms with Crippen molar-refractivity contribution in [3.8, 4) is 0 Å². The number of carbonyl (C=O) groups is 4. The summed E-state index contributed by atoms with van der Waals surface area (Å²) < 4.78 is 11.0. The molecule has 0 fully saturated rings. The normalized spacial score (nSPS) is 12.2. The molecule has 228 valence electrons. The number of rotatable bonds is 14. The zero-order valence-electron chi connectivity index (χ0n) is 24.7. The first-order chi connectivity index (χ1) is 21.3. The van der Waals surface area contributed by atoms with Crippen LogP contribution in [0.4, 0.5) is 0 Å². The lowest BCUT2D eigenvalue weighted by Gasteiger charge is -2.20. The van der Waals surface area contributed by atoms with E-state index in [9.17, 15) is 19.2 Å². The van der Waals surface area contributed by atoms with Crippen molar-refractivity contribution in [3.05, 3.63) is 125 Å². The van der Waals surface area contributed by atoms with Gasteiger partial charge in [0.2, 0.25) is 0 Å². The summed E-state index contributed by atoms with van der Waals surface area (Å²) in [4.78, 5) is 59.5. The lowest BCUT2D eigenvalue weighted by atomic mass is 10.0. The number of H-pyrrole nitrogens is 1. The summed E-state index contributed by atoms with van der Waals surface area (Å²) in [6, 6.07) is 25.6. The Morgan fingerprint density at radius 3 is 1.68 bits per heavy atom. The van der Waals surface area contributed by atoms with Crippen LogP contribution in [0.15, 0.2) is 97.3 Å². The molecular weight excluding hydrogens is 560 g/mol. The van der Waals surface area contributed by atoms with Crippen LogP contribution < -0.4 is 10.6 Å². The third-order valence-corrected chi connectivity index (χ3v) is 6.70. The van der Waals surface area contributed by atoms with Crippen molar-refractivity contribution >= 4 is 23.8 Å². The lowest BCUT2D eigenvalue weighted by molar-refractivity contribution is -0.148. The van der Waals surface area contributed by atoms with Crippen LogP contribution >= 0.6 is 0 Å².